The number of halogens is 2. The lowest BCUT2D eigenvalue weighted by Crippen LogP contribution is -2.54. The molecule has 3 heterocycles. The zero-order valence-corrected chi connectivity index (χ0v) is 22.8. The average molecular weight is 545 g/mol. The third-order valence-corrected chi connectivity index (χ3v) is 8.41. The average Bonchev–Trinajstić information content (AvgIpc) is 3.32. The fourth-order valence-corrected chi connectivity index (χ4v) is 5.56. The van der Waals surface area contributed by atoms with Crippen LogP contribution in [0, 0.1) is 12.7 Å². The number of aryl methyl sites for hydroxylation is 1. The first-order chi connectivity index (χ1) is 18.2. The van der Waals surface area contributed by atoms with Gasteiger partial charge in [-0.2, -0.15) is 0 Å². The fraction of sp³-hybridized carbons (Fsp3) is 0.483. The highest BCUT2D eigenvalue weighted by molar-refractivity contribution is 6.31. The number of aliphatic hydroxyl groups is 2. The van der Waals surface area contributed by atoms with Gasteiger partial charge in [0.25, 0.3) is 0 Å². The van der Waals surface area contributed by atoms with Crippen molar-refractivity contribution in [3.8, 4) is 0 Å². The third kappa shape index (κ3) is 6.93. The topological polar surface area (TPSA) is 91.8 Å². The number of aromatic amines is 1. The molecule has 0 saturated carbocycles. The van der Waals surface area contributed by atoms with Gasteiger partial charge in [0.15, 0.2) is 0 Å². The van der Waals surface area contributed by atoms with Crippen LogP contribution in [0.5, 0.6) is 0 Å². The molecule has 0 aliphatic carbocycles. The van der Waals surface area contributed by atoms with E-state index in [2.05, 4.69) is 20.1 Å². The Kier molecular flexibility index (Phi) is 9.44. The quantitative estimate of drug-likeness (QED) is 0.342. The van der Waals surface area contributed by atoms with Gasteiger partial charge in [-0.05, 0) is 100 Å². The number of amides is 1. The SMILES string of the molecule is CN1CCC(O)(C(O)CN2CCC(c3c[nH]c4ccc(F)cc34)CC2)CC1.Cc1ccc(NC=O)cc1Cl. The fourth-order valence-electron chi connectivity index (χ4n) is 5.38. The number of piperidine rings is 2. The second-order valence-electron chi connectivity index (χ2n) is 10.7. The van der Waals surface area contributed by atoms with Crippen LogP contribution in [0.1, 0.15) is 42.7 Å². The number of likely N-dealkylation sites (tertiary alicyclic amines) is 2. The Morgan fingerprint density at radius 3 is 2.55 bits per heavy atom. The van der Waals surface area contributed by atoms with Crippen LogP contribution in [-0.4, -0.2) is 82.9 Å². The van der Waals surface area contributed by atoms with Crippen LogP contribution in [0.2, 0.25) is 5.02 Å². The number of fused-ring (bicyclic) bond motifs is 1. The second-order valence-corrected chi connectivity index (χ2v) is 11.1. The molecular weight excluding hydrogens is 507 g/mol. The van der Waals surface area contributed by atoms with Crippen molar-refractivity contribution in [1.29, 1.82) is 0 Å². The summed E-state index contributed by atoms with van der Waals surface area (Å²) in [5.74, 6) is 0.204. The number of rotatable bonds is 6. The van der Waals surface area contributed by atoms with Gasteiger partial charge >= 0.3 is 0 Å². The standard InChI is InChI=1S/C21H30FN3O2.C8H8ClNO/c1-24-10-6-21(27,7-11-24)20(26)14-25-8-4-15(5-9-25)18-13-23-19-3-2-16(22)12-17(18)19;1-6-2-3-7(10-5-11)4-8(6)9/h2-3,12-13,15,20,23,26-27H,4-11,14H2,1H3;2-5H,1H3,(H,10,11). The van der Waals surface area contributed by atoms with E-state index in [0.717, 1.165) is 61.2 Å². The van der Waals surface area contributed by atoms with Crippen LogP contribution in [0.15, 0.2) is 42.6 Å². The summed E-state index contributed by atoms with van der Waals surface area (Å²) < 4.78 is 13.6. The highest BCUT2D eigenvalue weighted by Crippen LogP contribution is 2.34. The molecule has 2 fully saturated rings. The molecule has 1 atom stereocenters. The summed E-state index contributed by atoms with van der Waals surface area (Å²) in [6.45, 7) is 5.86. The van der Waals surface area contributed by atoms with Gasteiger partial charge in [0, 0.05) is 47.4 Å². The maximum absolute atomic E-state index is 13.6. The molecule has 4 N–H and O–H groups in total. The molecule has 38 heavy (non-hydrogen) atoms. The van der Waals surface area contributed by atoms with Crippen molar-refractivity contribution in [2.75, 3.05) is 45.1 Å². The number of nitrogens with one attached hydrogen (secondary N) is 2. The van der Waals surface area contributed by atoms with E-state index in [-0.39, 0.29) is 5.82 Å². The minimum Gasteiger partial charge on any atom is -0.389 e. The predicted molar refractivity (Wildman–Crippen MR) is 150 cm³/mol. The number of anilines is 1. The highest BCUT2D eigenvalue weighted by Gasteiger charge is 2.39. The summed E-state index contributed by atoms with van der Waals surface area (Å²) in [4.78, 5) is 17.7. The number of aromatic nitrogens is 1. The van der Waals surface area contributed by atoms with Crippen molar-refractivity contribution in [3.05, 3.63) is 64.6 Å². The minimum absolute atomic E-state index is 0.199. The lowest BCUT2D eigenvalue weighted by molar-refractivity contribution is -0.116. The number of hydrogen-bond donors (Lipinski definition) is 4. The van der Waals surface area contributed by atoms with Crippen molar-refractivity contribution in [1.82, 2.24) is 14.8 Å². The van der Waals surface area contributed by atoms with Crippen molar-refractivity contribution >= 4 is 34.6 Å². The van der Waals surface area contributed by atoms with Gasteiger partial charge in [0.1, 0.15) is 5.82 Å². The Morgan fingerprint density at radius 1 is 1.18 bits per heavy atom. The molecule has 1 aromatic heterocycles. The van der Waals surface area contributed by atoms with Crippen LogP contribution in [0.4, 0.5) is 10.1 Å². The summed E-state index contributed by atoms with van der Waals surface area (Å²) in [6.07, 6.45) is 5.16. The number of aliphatic hydroxyl groups excluding tert-OH is 1. The number of benzene rings is 2. The van der Waals surface area contributed by atoms with E-state index in [9.17, 15) is 19.4 Å². The van der Waals surface area contributed by atoms with Crippen LogP contribution in [0.25, 0.3) is 10.9 Å². The third-order valence-electron chi connectivity index (χ3n) is 8.00. The Bertz CT molecular complexity index is 1220. The van der Waals surface area contributed by atoms with Gasteiger partial charge in [-0.25, -0.2) is 4.39 Å². The second kappa shape index (κ2) is 12.6. The van der Waals surface area contributed by atoms with E-state index >= 15 is 0 Å². The normalized spacial score (nSPS) is 19.5. The Labute approximate surface area is 228 Å². The number of H-pyrrole nitrogens is 1. The van der Waals surface area contributed by atoms with E-state index in [1.54, 1.807) is 24.3 Å². The lowest BCUT2D eigenvalue weighted by Gasteiger charge is -2.42. The van der Waals surface area contributed by atoms with E-state index in [0.29, 0.717) is 36.7 Å². The smallest absolute Gasteiger partial charge is 0.211 e. The Hall–Kier alpha value is -2.49. The molecule has 5 rings (SSSR count). The van der Waals surface area contributed by atoms with E-state index < -0.39 is 11.7 Å². The number of carbonyl (C=O) groups excluding carboxylic acids is 1. The van der Waals surface area contributed by atoms with E-state index in [4.69, 9.17) is 11.6 Å². The molecule has 2 aliphatic heterocycles. The van der Waals surface area contributed by atoms with E-state index in [1.807, 2.05) is 26.2 Å². The van der Waals surface area contributed by atoms with Gasteiger partial charge in [-0.3, -0.25) is 4.79 Å². The van der Waals surface area contributed by atoms with Crippen molar-refractivity contribution in [2.45, 2.75) is 50.2 Å². The monoisotopic (exact) mass is 544 g/mol. The Balaban J connectivity index is 0.000000257. The zero-order chi connectivity index (χ0) is 27.3. The molecule has 3 aromatic rings. The predicted octanol–water partition coefficient (Wildman–Crippen LogP) is 4.52. The lowest BCUT2D eigenvalue weighted by atomic mass is 9.85. The summed E-state index contributed by atoms with van der Waals surface area (Å²) in [5, 5.41) is 25.6. The number of nitrogens with zero attached hydrogens (tertiary/aromatic N) is 2. The molecule has 2 aromatic carbocycles. The minimum atomic E-state index is -0.961. The highest BCUT2D eigenvalue weighted by atomic mass is 35.5. The summed E-state index contributed by atoms with van der Waals surface area (Å²) in [6, 6.07) is 10.3. The molecule has 9 heteroatoms. The first-order valence-corrected chi connectivity index (χ1v) is 13.6. The number of β-amino-alcohol motifs (C(OH)–C–C–N with tert-alkyl or cyclic N) is 1. The van der Waals surface area contributed by atoms with Crippen LogP contribution in [0.3, 0.4) is 0 Å². The zero-order valence-electron chi connectivity index (χ0n) is 22.1. The molecule has 0 bridgehead atoms. The van der Waals surface area contributed by atoms with Crippen molar-refractivity contribution in [2.24, 2.45) is 0 Å². The molecule has 2 saturated heterocycles. The maximum atomic E-state index is 13.6. The van der Waals surface area contributed by atoms with Crippen molar-refractivity contribution < 1.29 is 19.4 Å². The van der Waals surface area contributed by atoms with Gasteiger partial charge in [0.2, 0.25) is 6.41 Å². The summed E-state index contributed by atoms with van der Waals surface area (Å²) >= 11 is 5.79. The summed E-state index contributed by atoms with van der Waals surface area (Å²) in [5.41, 5.74) is 2.93. The van der Waals surface area contributed by atoms with Gasteiger partial charge < -0.3 is 30.3 Å². The van der Waals surface area contributed by atoms with Crippen LogP contribution in [-0.2, 0) is 4.79 Å². The van der Waals surface area contributed by atoms with Crippen molar-refractivity contribution in [3.63, 3.8) is 0 Å². The molecule has 1 unspecified atom stereocenters. The number of carbonyl (C=O) groups is 1. The molecule has 0 spiro atoms. The molecular formula is C29H38ClFN4O3. The first-order valence-electron chi connectivity index (χ1n) is 13.2. The largest absolute Gasteiger partial charge is 0.389 e. The molecule has 206 valence electrons. The molecule has 2 aliphatic rings. The molecule has 7 nitrogen and oxygen atoms in total. The first kappa shape index (κ1) is 28.5. The molecule has 1 amide bonds. The molecule has 0 radical (unpaired) electrons. The van der Waals surface area contributed by atoms with Gasteiger partial charge in [0.05, 0.1) is 11.7 Å². The maximum Gasteiger partial charge on any atom is 0.211 e. The summed E-state index contributed by atoms with van der Waals surface area (Å²) in [7, 11) is 2.05. The van der Waals surface area contributed by atoms with Gasteiger partial charge in [-0.15, -0.1) is 0 Å². The Morgan fingerprint density at radius 2 is 1.89 bits per heavy atom. The van der Waals surface area contributed by atoms with Gasteiger partial charge in [-0.1, -0.05) is 17.7 Å². The van der Waals surface area contributed by atoms with Crippen LogP contribution >= 0.6 is 11.6 Å². The van der Waals surface area contributed by atoms with E-state index in [1.165, 1.54) is 11.6 Å². The number of hydrogen-bond acceptors (Lipinski definition) is 5. The van der Waals surface area contributed by atoms with Crippen LogP contribution < -0.4 is 5.32 Å².